The first kappa shape index (κ1) is 17.7. The first-order valence-electron chi connectivity index (χ1n) is 9.48. The van der Waals surface area contributed by atoms with Crippen LogP contribution in [0.4, 0.5) is 0 Å². The van der Waals surface area contributed by atoms with E-state index in [0.717, 1.165) is 25.2 Å². The molecule has 142 valence electrons. The van der Waals surface area contributed by atoms with Crippen LogP contribution in [0.3, 0.4) is 0 Å². The molecular weight excluding hydrogens is 344 g/mol. The van der Waals surface area contributed by atoms with Gasteiger partial charge in [0.25, 0.3) is 11.8 Å². The number of hydrogen-bond donors (Lipinski definition) is 1. The highest BCUT2D eigenvalue weighted by Gasteiger charge is 2.27. The number of carbonyl (C=O) groups excluding carboxylic acids is 2. The van der Waals surface area contributed by atoms with Crippen LogP contribution in [0.5, 0.6) is 0 Å². The summed E-state index contributed by atoms with van der Waals surface area (Å²) in [5.74, 6) is 1.20. The van der Waals surface area contributed by atoms with E-state index in [1.165, 1.54) is 0 Å². The van der Waals surface area contributed by atoms with Crippen molar-refractivity contribution in [1.82, 2.24) is 19.8 Å². The number of aromatic amines is 1. The molecule has 2 aliphatic heterocycles. The van der Waals surface area contributed by atoms with E-state index in [1.807, 2.05) is 11.1 Å². The molecule has 2 saturated heterocycles. The lowest BCUT2D eigenvalue weighted by atomic mass is 9.96. The molecule has 2 amide bonds. The third-order valence-corrected chi connectivity index (χ3v) is 5.29. The van der Waals surface area contributed by atoms with E-state index < -0.39 is 0 Å². The average Bonchev–Trinajstić information content (AvgIpc) is 3.29. The first-order chi connectivity index (χ1) is 13.2. The number of ether oxygens (including phenoxy) is 1. The monoisotopic (exact) mass is 368 g/mol. The molecule has 2 aliphatic rings. The highest BCUT2D eigenvalue weighted by Crippen LogP contribution is 2.25. The maximum Gasteiger partial charge on any atom is 0.254 e. The van der Waals surface area contributed by atoms with Crippen LogP contribution in [-0.2, 0) is 4.74 Å². The molecule has 3 heterocycles. The normalized spacial score (nSPS) is 20.5. The summed E-state index contributed by atoms with van der Waals surface area (Å²) in [5.41, 5.74) is 1.23. The highest BCUT2D eigenvalue weighted by molar-refractivity contribution is 5.98. The molecular formula is C20H24N4O3. The molecule has 4 rings (SSSR count). The van der Waals surface area contributed by atoms with E-state index in [2.05, 4.69) is 9.97 Å². The maximum atomic E-state index is 12.9. The third kappa shape index (κ3) is 3.88. The Balaban J connectivity index is 1.42. The van der Waals surface area contributed by atoms with Crippen LogP contribution in [0.25, 0.3) is 0 Å². The molecule has 27 heavy (non-hydrogen) atoms. The fourth-order valence-electron chi connectivity index (χ4n) is 3.77. The van der Waals surface area contributed by atoms with Crippen molar-refractivity contribution in [3.05, 3.63) is 53.6 Å². The van der Waals surface area contributed by atoms with E-state index in [9.17, 15) is 9.59 Å². The van der Waals surface area contributed by atoms with Gasteiger partial charge in [-0.25, -0.2) is 4.98 Å². The summed E-state index contributed by atoms with van der Waals surface area (Å²) in [5, 5.41) is 0. The molecule has 0 radical (unpaired) electrons. The van der Waals surface area contributed by atoms with Crippen molar-refractivity contribution in [3.8, 4) is 0 Å². The topological polar surface area (TPSA) is 78.5 Å². The number of morpholine rings is 1. The Labute approximate surface area is 158 Å². The van der Waals surface area contributed by atoms with E-state index in [4.69, 9.17) is 4.74 Å². The fourth-order valence-corrected chi connectivity index (χ4v) is 3.77. The number of likely N-dealkylation sites (tertiary alicyclic amines) is 1. The van der Waals surface area contributed by atoms with Crippen LogP contribution >= 0.6 is 0 Å². The smallest absolute Gasteiger partial charge is 0.254 e. The highest BCUT2D eigenvalue weighted by atomic mass is 16.5. The number of benzene rings is 1. The number of aromatic nitrogens is 2. The van der Waals surface area contributed by atoms with E-state index in [0.29, 0.717) is 44.0 Å². The molecule has 1 aromatic carbocycles. The Hall–Kier alpha value is -2.67. The van der Waals surface area contributed by atoms with Crippen LogP contribution in [0.1, 0.15) is 45.3 Å². The van der Waals surface area contributed by atoms with Crippen molar-refractivity contribution < 1.29 is 14.3 Å². The van der Waals surface area contributed by atoms with Crippen LogP contribution in [0.2, 0.25) is 0 Å². The Morgan fingerprint density at radius 2 is 1.67 bits per heavy atom. The predicted molar refractivity (Wildman–Crippen MR) is 99.6 cm³/mol. The predicted octanol–water partition coefficient (Wildman–Crippen LogP) is 1.90. The minimum Gasteiger partial charge on any atom is -0.378 e. The molecule has 1 aromatic heterocycles. The molecule has 0 bridgehead atoms. The maximum absolute atomic E-state index is 12.9. The lowest BCUT2D eigenvalue weighted by molar-refractivity contribution is 0.0303. The second kappa shape index (κ2) is 7.92. The van der Waals surface area contributed by atoms with Crippen molar-refractivity contribution in [2.45, 2.75) is 18.8 Å². The standard InChI is InChI=1S/C20H24N4O3/c25-19(23-10-12-27-13-11-23)15-3-5-16(6-4-15)20(26)24-9-1-2-17(14-24)18-21-7-8-22-18/h3-8,17H,1-2,9-14H2,(H,21,22). The van der Waals surface area contributed by atoms with Gasteiger partial charge in [-0.05, 0) is 37.1 Å². The Kier molecular flexibility index (Phi) is 5.20. The number of amides is 2. The molecule has 2 aromatic rings. The number of rotatable bonds is 3. The first-order valence-corrected chi connectivity index (χ1v) is 9.48. The largest absolute Gasteiger partial charge is 0.378 e. The molecule has 1 N–H and O–H groups in total. The molecule has 1 unspecified atom stereocenters. The van der Waals surface area contributed by atoms with E-state index >= 15 is 0 Å². The summed E-state index contributed by atoms with van der Waals surface area (Å²) >= 11 is 0. The zero-order valence-corrected chi connectivity index (χ0v) is 15.3. The lowest BCUT2D eigenvalue weighted by Crippen LogP contribution is -2.41. The second-order valence-electron chi connectivity index (χ2n) is 7.05. The van der Waals surface area contributed by atoms with Gasteiger partial charge < -0.3 is 19.5 Å². The second-order valence-corrected chi connectivity index (χ2v) is 7.05. The van der Waals surface area contributed by atoms with Crippen molar-refractivity contribution >= 4 is 11.8 Å². The molecule has 7 heteroatoms. The fraction of sp³-hybridized carbons (Fsp3) is 0.450. The molecule has 0 spiro atoms. The van der Waals surface area contributed by atoms with Gasteiger partial charge in [-0.1, -0.05) is 0 Å². The number of nitrogens with one attached hydrogen (secondary N) is 1. The number of hydrogen-bond acceptors (Lipinski definition) is 4. The van der Waals surface area contributed by atoms with Crippen molar-refractivity contribution in [2.24, 2.45) is 0 Å². The van der Waals surface area contributed by atoms with Gasteiger partial charge in [0, 0.05) is 55.6 Å². The zero-order chi connectivity index (χ0) is 18.6. The number of nitrogens with zero attached hydrogens (tertiary/aromatic N) is 3. The minimum atomic E-state index is -0.00634. The third-order valence-electron chi connectivity index (χ3n) is 5.29. The van der Waals surface area contributed by atoms with Gasteiger partial charge in [0.15, 0.2) is 0 Å². The summed E-state index contributed by atoms with van der Waals surface area (Å²) in [6, 6.07) is 7.01. The van der Waals surface area contributed by atoms with Crippen LogP contribution in [0, 0.1) is 0 Å². The van der Waals surface area contributed by atoms with Gasteiger partial charge in [0.2, 0.25) is 0 Å². The molecule has 0 saturated carbocycles. The molecule has 2 fully saturated rings. The quantitative estimate of drug-likeness (QED) is 0.898. The van der Waals surface area contributed by atoms with Gasteiger partial charge in [-0.15, -0.1) is 0 Å². The van der Waals surface area contributed by atoms with E-state index in [1.54, 1.807) is 35.4 Å². The van der Waals surface area contributed by atoms with Gasteiger partial charge >= 0.3 is 0 Å². The SMILES string of the molecule is O=C(c1ccc(C(=O)N2CCCC(c3ncc[nH]3)C2)cc1)N1CCOCC1. The van der Waals surface area contributed by atoms with Crippen LogP contribution in [-0.4, -0.2) is 71.0 Å². The van der Waals surface area contributed by atoms with E-state index in [-0.39, 0.29) is 17.7 Å². The number of piperidine rings is 1. The zero-order valence-electron chi connectivity index (χ0n) is 15.3. The molecule has 1 atom stereocenters. The van der Waals surface area contributed by atoms with Gasteiger partial charge in [0.05, 0.1) is 13.2 Å². The summed E-state index contributed by atoms with van der Waals surface area (Å²) in [4.78, 5) is 36.6. The van der Waals surface area contributed by atoms with Gasteiger partial charge in [0.1, 0.15) is 5.82 Å². The van der Waals surface area contributed by atoms with Crippen molar-refractivity contribution in [2.75, 3.05) is 39.4 Å². The van der Waals surface area contributed by atoms with Crippen molar-refractivity contribution in [3.63, 3.8) is 0 Å². The van der Waals surface area contributed by atoms with Crippen molar-refractivity contribution in [1.29, 1.82) is 0 Å². The van der Waals surface area contributed by atoms with Crippen LogP contribution in [0.15, 0.2) is 36.7 Å². The van der Waals surface area contributed by atoms with Gasteiger partial charge in [-0.3, -0.25) is 9.59 Å². The number of carbonyl (C=O) groups is 2. The van der Waals surface area contributed by atoms with Crippen LogP contribution < -0.4 is 0 Å². The summed E-state index contributed by atoms with van der Waals surface area (Å²) in [6.45, 7) is 3.80. The lowest BCUT2D eigenvalue weighted by Gasteiger charge is -2.32. The Bertz CT molecular complexity index is 782. The summed E-state index contributed by atoms with van der Waals surface area (Å²) in [6.07, 6.45) is 5.57. The number of imidazole rings is 1. The Morgan fingerprint density at radius 1 is 1.00 bits per heavy atom. The Morgan fingerprint density at radius 3 is 2.30 bits per heavy atom. The summed E-state index contributed by atoms with van der Waals surface area (Å²) < 4.78 is 5.29. The van der Waals surface area contributed by atoms with Gasteiger partial charge in [-0.2, -0.15) is 0 Å². The minimum absolute atomic E-state index is 0.00634. The summed E-state index contributed by atoms with van der Waals surface area (Å²) in [7, 11) is 0. The molecule has 7 nitrogen and oxygen atoms in total. The molecule has 0 aliphatic carbocycles. The average molecular weight is 368 g/mol. The number of H-pyrrole nitrogens is 1.